The van der Waals surface area contributed by atoms with Crippen LogP contribution in [0.25, 0.3) is 10.4 Å². The van der Waals surface area contributed by atoms with Crippen LogP contribution < -0.4 is 15.6 Å². The quantitative estimate of drug-likeness (QED) is 0.113. The van der Waals surface area contributed by atoms with Gasteiger partial charge in [-0.3, -0.25) is 9.59 Å². The summed E-state index contributed by atoms with van der Waals surface area (Å²) in [5.41, 5.74) is 2.71. The van der Waals surface area contributed by atoms with Crippen LogP contribution in [-0.4, -0.2) is 27.9 Å². The molecule has 0 spiro atoms. The molecule has 4 rings (SSSR count). The number of nitrogens with two attached hydrogens (primary N) is 1. The van der Waals surface area contributed by atoms with Gasteiger partial charge < -0.3 is 9.84 Å². The van der Waals surface area contributed by atoms with Gasteiger partial charge in [0.2, 0.25) is 5.13 Å². The lowest BCUT2D eigenvalue weighted by Gasteiger charge is -2.22. The van der Waals surface area contributed by atoms with Crippen molar-refractivity contribution in [1.82, 2.24) is 4.98 Å². The standard InChI is InChI=1S/C30H31N3O4S/c1-2-11-25(28(35)26(34)18-21-12-5-3-6-13-21)29(36)33(31)30-32-19-27(38-30)24-17-10-9-14-22(24)20-37-23-15-7-4-8-16-23/h3-10,12-17,19,25-26,34H,2,11,18,20,31H2,1H3. The number of para-hydroxylation sites is 1. The Hall–Kier alpha value is -3.85. The van der Waals surface area contributed by atoms with Crippen LogP contribution in [0.15, 0.2) is 91.1 Å². The molecule has 0 saturated heterocycles. The summed E-state index contributed by atoms with van der Waals surface area (Å²) in [4.78, 5) is 31.6. The van der Waals surface area contributed by atoms with Crippen molar-refractivity contribution in [2.45, 2.75) is 38.9 Å². The number of aliphatic hydroxyl groups excluding tert-OH is 1. The molecule has 7 nitrogen and oxygen atoms in total. The van der Waals surface area contributed by atoms with Gasteiger partial charge in [0.1, 0.15) is 24.4 Å². The molecule has 1 aromatic heterocycles. The summed E-state index contributed by atoms with van der Waals surface area (Å²) in [6.07, 6.45) is 1.38. The molecule has 3 aromatic carbocycles. The molecule has 1 amide bonds. The van der Waals surface area contributed by atoms with Crippen LogP contribution >= 0.6 is 11.3 Å². The zero-order chi connectivity index (χ0) is 26.9. The van der Waals surface area contributed by atoms with Gasteiger partial charge in [0, 0.05) is 12.6 Å². The number of amides is 1. The van der Waals surface area contributed by atoms with E-state index < -0.39 is 23.7 Å². The van der Waals surface area contributed by atoms with Crippen molar-refractivity contribution in [3.05, 3.63) is 102 Å². The largest absolute Gasteiger partial charge is 0.489 e. The van der Waals surface area contributed by atoms with E-state index in [1.165, 1.54) is 11.3 Å². The number of ether oxygens (including phenoxy) is 1. The number of aromatic nitrogens is 1. The second-order valence-corrected chi connectivity index (χ2v) is 9.93. The van der Waals surface area contributed by atoms with E-state index >= 15 is 0 Å². The topological polar surface area (TPSA) is 106 Å². The van der Waals surface area contributed by atoms with Gasteiger partial charge in [-0.15, -0.1) is 0 Å². The van der Waals surface area contributed by atoms with Crippen molar-refractivity contribution in [1.29, 1.82) is 0 Å². The van der Waals surface area contributed by atoms with Crippen molar-refractivity contribution in [2.75, 3.05) is 5.01 Å². The predicted octanol–water partition coefficient (Wildman–Crippen LogP) is 5.18. The summed E-state index contributed by atoms with van der Waals surface area (Å²) in [5.74, 6) is 4.81. The fourth-order valence-corrected chi connectivity index (χ4v) is 5.08. The third kappa shape index (κ3) is 6.72. The molecule has 0 aliphatic rings. The van der Waals surface area contributed by atoms with Gasteiger partial charge in [-0.05, 0) is 35.2 Å². The highest BCUT2D eigenvalue weighted by Gasteiger charge is 2.34. The molecule has 0 fully saturated rings. The van der Waals surface area contributed by atoms with Crippen LogP contribution in [0, 0.1) is 5.92 Å². The van der Waals surface area contributed by atoms with Gasteiger partial charge >= 0.3 is 0 Å². The molecule has 38 heavy (non-hydrogen) atoms. The predicted molar refractivity (Wildman–Crippen MR) is 150 cm³/mol. The van der Waals surface area contributed by atoms with Gasteiger partial charge in [0.15, 0.2) is 5.78 Å². The average Bonchev–Trinajstić information content (AvgIpc) is 3.45. The maximum absolute atomic E-state index is 13.3. The van der Waals surface area contributed by atoms with Gasteiger partial charge in [-0.1, -0.05) is 97.5 Å². The minimum Gasteiger partial charge on any atom is -0.489 e. The second kappa shape index (κ2) is 13.1. The summed E-state index contributed by atoms with van der Waals surface area (Å²) in [6, 6.07) is 26.6. The summed E-state index contributed by atoms with van der Waals surface area (Å²) in [7, 11) is 0. The van der Waals surface area contributed by atoms with Crippen LogP contribution in [0.2, 0.25) is 0 Å². The number of aliphatic hydroxyl groups is 1. The minimum absolute atomic E-state index is 0.140. The van der Waals surface area contributed by atoms with E-state index in [0.717, 1.165) is 32.3 Å². The minimum atomic E-state index is -1.30. The number of thiazole rings is 1. The first kappa shape index (κ1) is 27.2. The smallest absolute Gasteiger partial charge is 0.253 e. The Morgan fingerprint density at radius 2 is 1.66 bits per heavy atom. The molecule has 0 aliphatic heterocycles. The highest BCUT2D eigenvalue weighted by molar-refractivity contribution is 7.19. The number of Topliss-reactive ketones (excluding diaryl/α,β-unsaturated/α-hetero) is 1. The summed E-state index contributed by atoms with van der Waals surface area (Å²) in [5, 5.41) is 11.8. The number of benzene rings is 3. The highest BCUT2D eigenvalue weighted by atomic mass is 32.1. The zero-order valence-corrected chi connectivity index (χ0v) is 22.0. The Morgan fingerprint density at radius 3 is 2.37 bits per heavy atom. The first-order valence-corrected chi connectivity index (χ1v) is 13.4. The van der Waals surface area contributed by atoms with Crippen LogP contribution in [0.5, 0.6) is 5.75 Å². The molecule has 8 heteroatoms. The van der Waals surface area contributed by atoms with E-state index in [4.69, 9.17) is 10.6 Å². The number of nitrogens with zero attached hydrogens (tertiary/aromatic N) is 2. The molecule has 0 bridgehead atoms. The molecule has 0 aliphatic carbocycles. The highest BCUT2D eigenvalue weighted by Crippen LogP contribution is 2.33. The van der Waals surface area contributed by atoms with Gasteiger partial charge in [0.25, 0.3) is 5.91 Å². The maximum atomic E-state index is 13.3. The van der Waals surface area contributed by atoms with Crippen molar-refractivity contribution in [3.8, 4) is 16.2 Å². The van der Waals surface area contributed by atoms with E-state index in [-0.39, 0.29) is 18.0 Å². The Kier molecular flexibility index (Phi) is 9.37. The number of anilines is 1. The molecule has 0 radical (unpaired) electrons. The second-order valence-electron chi connectivity index (χ2n) is 8.92. The number of hydrogen-bond donors (Lipinski definition) is 2. The van der Waals surface area contributed by atoms with Crippen LogP contribution in [0.4, 0.5) is 5.13 Å². The van der Waals surface area contributed by atoms with Gasteiger partial charge in [0.05, 0.1) is 4.88 Å². The molecular formula is C30H31N3O4S. The number of ketones is 1. The van der Waals surface area contributed by atoms with E-state index in [2.05, 4.69) is 4.98 Å². The lowest BCUT2D eigenvalue weighted by molar-refractivity contribution is -0.138. The molecular weight excluding hydrogens is 498 g/mol. The molecule has 2 unspecified atom stereocenters. The number of carbonyl (C=O) groups is 2. The maximum Gasteiger partial charge on any atom is 0.253 e. The molecule has 0 saturated carbocycles. The first-order chi connectivity index (χ1) is 18.5. The lowest BCUT2D eigenvalue weighted by Crippen LogP contribution is -2.46. The molecule has 196 valence electrons. The van der Waals surface area contributed by atoms with Crippen LogP contribution in [0.3, 0.4) is 0 Å². The third-order valence-electron chi connectivity index (χ3n) is 6.18. The number of hydrogen-bond acceptors (Lipinski definition) is 7. The number of carbonyl (C=O) groups excluding carboxylic acids is 2. The third-order valence-corrected chi connectivity index (χ3v) is 7.21. The van der Waals surface area contributed by atoms with E-state index in [0.29, 0.717) is 13.0 Å². The van der Waals surface area contributed by atoms with E-state index in [9.17, 15) is 14.7 Å². The fraction of sp³-hybridized carbons (Fsp3) is 0.233. The Balaban J connectivity index is 1.48. The zero-order valence-electron chi connectivity index (χ0n) is 21.2. The van der Waals surface area contributed by atoms with Crippen LogP contribution in [-0.2, 0) is 22.6 Å². The Morgan fingerprint density at radius 1 is 1.00 bits per heavy atom. The van der Waals surface area contributed by atoms with Crippen molar-refractivity contribution in [2.24, 2.45) is 11.8 Å². The molecule has 3 N–H and O–H groups in total. The van der Waals surface area contributed by atoms with Gasteiger partial charge in [-0.2, -0.15) is 0 Å². The first-order valence-electron chi connectivity index (χ1n) is 12.5. The molecule has 4 aromatic rings. The van der Waals surface area contributed by atoms with Crippen molar-refractivity contribution < 1.29 is 19.4 Å². The SMILES string of the molecule is CCCC(C(=O)C(O)Cc1ccccc1)C(=O)N(N)c1ncc(-c2ccccc2COc2ccccc2)s1. The average molecular weight is 530 g/mol. The van der Waals surface area contributed by atoms with Crippen molar-refractivity contribution >= 4 is 28.2 Å². The molecule has 2 atom stereocenters. The van der Waals surface area contributed by atoms with Crippen LogP contribution in [0.1, 0.15) is 30.9 Å². The molecule has 1 heterocycles. The summed E-state index contributed by atoms with van der Waals surface area (Å²) >= 11 is 1.26. The number of rotatable bonds is 12. The van der Waals surface area contributed by atoms with E-state index in [1.807, 2.05) is 91.9 Å². The lowest BCUT2D eigenvalue weighted by atomic mass is 9.91. The summed E-state index contributed by atoms with van der Waals surface area (Å²) < 4.78 is 5.93. The van der Waals surface area contributed by atoms with E-state index in [1.54, 1.807) is 6.20 Å². The summed E-state index contributed by atoms with van der Waals surface area (Å²) in [6.45, 7) is 2.25. The van der Waals surface area contributed by atoms with Crippen molar-refractivity contribution in [3.63, 3.8) is 0 Å². The Bertz CT molecular complexity index is 1340. The Labute approximate surface area is 226 Å². The number of hydrazine groups is 1. The monoisotopic (exact) mass is 529 g/mol. The van der Waals surface area contributed by atoms with Gasteiger partial charge in [-0.25, -0.2) is 15.8 Å². The fourth-order valence-electron chi connectivity index (χ4n) is 4.17. The normalized spacial score (nSPS) is 12.5.